The summed E-state index contributed by atoms with van der Waals surface area (Å²) in [6, 6.07) is 5.42. The summed E-state index contributed by atoms with van der Waals surface area (Å²) in [5.41, 5.74) is 2.22. The van der Waals surface area contributed by atoms with Crippen LogP contribution in [0.5, 0.6) is 5.75 Å². The minimum absolute atomic E-state index is 0.0215. The number of aryl methyl sites for hydroxylation is 2. The zero-order valence-corrected chi connectivity index (χ0v) is 16.3. The number of hydrogen-bond acceptors (Lipinski definition) is 4. The molecule has 7 heteroatoms. The number of hydrogen-bond donors (Lipinski definition) is 2. The Balaban J connectivity index is 2.08. The summed E-state index contributed by atoms with van der Waals surface area (Å²) in [7, 11) is 0. The summed E-state index contributed by atoms with van der Waals surface area (Å²) in [6.45, 7) is 9.44. The number of halogens is 1. The van der Waals surface area contributed by atoms with Gasteiger partial charge in [-0.1, -0.05) is 6.92 Å². The number of nitrogens with zero attached hydrogens (tertiary/aromatic N) is 2. The molecule has 0 bridgehead atoms. The van der Waals surface area contributed by atoms with Crippen molar-refractivity contribution in [3.63, 3.8) is 0 Å². The average molecular weight is 375 g/mol. The topological polar surface area (TPSA) is 84.3 Å². The Labute approximate surface area is 158 Å². The van der Waals surface area contributed by atoms with Crippen molar-refractivity contribution in [3.05, 3.63) is 41.6 Å². The van der Waals surface area contributed by atoms with Crippen molar-refractivity contribution in [1.82, 2.24) is 15.3 Å². The quantitative estimate of drug-likeness (QED) is 0.703. The molecule has 0 aliphatic rings. The first-order valence-electron chi connectivity index (χ1n) is 8.81. The van der Waals surface area contributed by atoms with E-state index in [9.17, 15) is 9.18 Å². The fourth-order valence-corrected chi connectivity index (χ4v) is 3.14. The van der Waals surface area contributed by atoms with Crippen LogP contribution in [0.2, 0.25) is 0 Å². The average Bonchev–Trinajstić information content (AvgIpc) is 2.52. The Hall–Kier alpha value is -2.70. The molecule has 0 aliphatic carbocycles. The number of ether oxygens (including phenoxy) is 1. The molecule has 0 saturated carbocycles. The smallest absolute Gasteiger partial charge is 0.405 e. The Morgan fingerprint density at radius 2 is 2.07 bits per heavy atom. The first-order chi connectivity index (χ1) is 12.6. The van der Waals surface area contributed by atoms with Crippen LogP contribution in [-0.2, 0) is 0 Å². The molecular formula is C20H26FN3O3. The molecule has 1 unspecified atom stereocenters. The van der Waals surface area contributed by atoms with Gasteiger partial charge >= 0.3 is 6.09 Å². The number of nitrogens with one attached hydrogen (secondary N) is 1. The lowest BCUT2D eigenvalue weighted by Crippen LogP contribution is -2.44. The highest BCUT2D eigenvalue weighted by molar-refractivity contribution is 5.65. The molecule has 0 saturated heterocycles. The zero-order valence-electron chi connectivity index (χ0n) is 16.3. The van der Waals surface area contributed by atoms with Crippen LogP contribution in [-0.4, -0.2) is 33.3 Å². The number of rotatable bonds is 7. The predicted molar refractivity (Wildman–Crippen MR) is 101 cm³/mol. The lowest BCUT2D eigenvalue weighted by Gasteiger charge is -2.28. The van der Waals surface area contributed by atoms with E-state index in [-0.39, 0.29) is 18.3 Å². The lowest BCUT2D eigenvalue weighted by atomic mass is 9.92. The molecule has 0 radical (unpaired) electrons. The largest absolute Gasteiger partial charge is 0.488 e. The summed E-state index contributed by atoms with van der Waals surface area (Å²) in [4.78, 5) is 19.0. The van der Waals surface area contributed by atoms with E-state index in [1.54, 1.807) is 39.1 Å². The summed E-state index contributed by atoms with van der Waals surface area (Å²) < 4.78 is 20.2. The van der Waals surface area contributed by atoms with Gasteiger partial charge in [0.25, 0.3) is 5.95 Å². The van der Waals surface area contributed by atoms with Gasteiger partial charge in [-0.2, -0.15) is 4.39 Å². The van der Waals surface area contributed by atoms with E-state index in [0.717, 1.165) is 11.3 Å². The number of carbonyl (C=O) groups is 1. The lowest BCUT2D eigenvalue weighted by molar-refractivity contribution is 0.168. The van der Waals surface area contributed by atoms with Crippen molar-refractivity contribution >= 4 is 6.09 Å². The van der Waals surface area contributed by atoms with E-state index in [0.29, 0.717) is 17.7 Å². The molecule has 2 aromatic rings. The summed E-state index contributed by atoms with van der Waals surface area (Å²) in [6.07, 6.45) is 1.15. The molecule has 0 aromatic carbocycles. The molecule has 0 fully saturated rings. The molecule has 0 spiro atoms. The minimum atomic E-state index is -1.07. The Morgan fingerprint density at radius 3 is 2.67 bits per heavy atom. The number of amides is 1. The third-order valence-electron chi connectivity index (χ3n) is 4.13. The molecule has 0 aliphatic heterocycles. The Kier molecular flexibility index (Phi) is 6.36. The van der Waals surface area contributed by atoms with Crippen LogP contribution in [0.25, 0.3) is 11.3 Å². The molecule has 6 nitrogen and oxygen atoms in total. The van der Waals surface area contributed by atoms with Crippen LogP contribution in [0.15, 0.2) is 24.4 Å². The molecule has 1 atom stereocenters. The van der Waals surface area contributed by atoms with E-state index in [4.69, 9.17) is 9.84 Å². The van der Waals surface area contributed by atoms with Crippen molar-refractivity contribution in [3.8, 4) is 17.0 Å². The van der Waals surface area contributed by atoms with Crippen LogP contribution >= 0.6 is 0 Å². The first kappa shape index (κ1) is 20.6. The van der Waals surface area contributed by atoms with E-state index >= 15 is 0 Å². The monoisotopic (exact) mass is 375 g/mol. The van der Waals surface area contributed by atoms with Gasteiger partial charge in [0, 0.05) is 23.0 Å². The van der Waals surface area contributed by atoms with E-state index in [1.165, 1.54) is 0 Å². The van der Waals surface area contributed by atoms with Crippen LogP contribution in [0.1, 0.15) is 38.4 Å². The van der Waals surface area contributed by atoms with Gasteiger partial charge in [0.1, 0.15) is 0 Å². The van der Waals surface area contributed by atoms with Gasteiger partial charge in [-0.05, 0) is 63.8 Å². The third-order valence-corrected chi connectivity index (χ3v) is 4.13. The second-order valence-electron chi connectivity index (χ2n) is 7.56. The van der Waals surface area contributed by atoms with E-state index < -0.39 is 17.6 Å². The van der Waals surface area contributed by atoms with Gasteiger partial charge in [0.05, 0.1) is 12.3 Å². The van der Waals surface area contributed by atoms with Crippen molar-refractivity contribution in [2.45, 2.75) is 46.6 Å². The Bertz CT molecular complexity index is 801. The van der Waals surface area contributed by atoms with Crippen molar-refractivity contribution in [1.29, 1.82) is 0 Å². The summed E-state index contributed by atoms with van der Waals surface area (Å²) in [5.74, 6) is -0.511. The van der Waals surface area contributed by atoms with Crippen molar-refractivity contribution in [2.24, 2.45) is 5.92 Å². The van der Waals surface area contributed by atoms with Crippen LogP contribution < -0.4 is 10.1 Å². The van der Waals surface area contributed by atoms with Gasteiger partial charge in [0.15, 0.2) is 5.75 Å². The molecule has 2 rings (SSSR count). The highest BCUT2D eigenvalue weighted by atomic mass is 19.1. The highest BCUT2D eigenvalue weighted by Gasteiger charge is 2.24. The van der Waals surface area contributed by atoms with Gasteiger partial charge in [0.2, 0.25) is 0 Å². The fourth-order valence-electron chi connectivity index (χ4n) is 3.14. The molecular weight excluding hydrogens is 349 g/mol. The second kappa shape index (κ2) is 8.33. The molecule has 27 heavy (non-hydrogen) atoms. The maximum absolute atomic E-state index is 14.5. The standard InChI is InChI=1S/C20H26FN3O3/c1-12(10-20(4,5)24-19(25)26)11-27-17-13(2)8-16(23-18(17)21)15-6-7-22-14(3)9-15/h6-9,12,24H,10-11H2,1-5H3,(H,25,26). The fraction of sp³-hybridized carbons (Fsp3) is 0.450. The summed E-state index contributed by atoms with van der Waals surface area (Å²) >= 11 is 0. The van der Waals surface area contributed by atoms with Gasteiger partial charge in [-0.15, -0.1) is 0 Å². The van der Waals surface area contributed by atoms with Crippen molar-refractivity contribution < 1.29 is 19.0 Å². The summed E-state index contributed by atoms with van der Waals surface area (Å²) in [5, 5.41) is 11.3. The van der Waals surface area contributed by atoms with Crippen LogP contribution in [0.4, 0.5) is 9.18 Å². The second-order valence-corrected chi connectivity index (χ2v) is 7.56. The normalized spacial score (nSPS) is 12.5. The number of aromatic nitrogens is 2. The first-order valence-corrected chi connectivity index (χ1v) is 8.81. The van der Waals surface area contributed by atoms with Crippen LogP contribution in [0.3, 0.4) is 0 Å². The molecule has 2 aromatic heterocycles. The molecule has 146 valence electrons. The molecule has 2 N–H and O–H groups in total. The van der Waals surface area contributed by atoms with Gasteiger partial charge < -0.3 is 15.2 Å². The van der Waals surface area contributed by atoms with Gasteiger partial charge in [-0.25, -0.2) is 9.78 Å². The molecule has 2 heterocycles. The maximum Gasteiger partial charge on any atom is 0.405 e. The minimum Gasteiger partial charge on any atom is -0.488 e. The SMILES string of the molecule is Cc1cc(-c2cc(C)c(OCC(C)CC(C)(C)NC(=O)O)c(F)n2)ccn1. The number of pyridine rings is 2. The number of carboxylic acid groups (broad SMARTS) is 1. The predicted octanol–water partition coefficient (Wildman–Crippen LogP) is 4.35. The van der Waals surface area contributed by atoms with E-state index in [1.807, 2.05) is 19.9 Å². The molecule has 1 amide bonds. The maximum atomic E-state index is 14.5. The third kappa shape index (κ3) is 5.91. The Morgan fingerprint density at radius 1 is 1.37 bits per heavy atom. The van der Waals surface area contributed by atoms with Crippen molar-refractivity contribution in [2.75, 3.05) is 6.61 Å². The van der Waals surface area contributed by atoms with Gasteiger partial charge in [-0.3, -0.25) is 4.98 Å². The highest BCUT2D eigenvalue weighted by Crippen LogP contribution is 2.28. The zero-order chi connectivity index (χ0) is 20.2. The van der Waals surface area contributed by atoms with E-state index in [2.05, 4.69) is 15.3 Å². The van der Waals surface area contributed by atoms with Crippen LogP contribution in [0, 0.1) is 25.7 Å².